The van der Waals surface area contributed by atoms with Crippen molar-refractivity contribution in [3.63, 3.8) is 0 Å². The predicted octanol–water partition coefficient (Wildman–Crippen LogP) is 3.66. The molecule has 7 nitrogen and oxygen atoms in total. The number of benzene rings is 1. The molecule has 1 atom stereocenters. The standard InChI is InChI=1S/C25H27N5O2/c1-17-12-21(30-10-8-25(2,24(30)32)19-6-7-19)14-22(28-17)23(31)27-15-18-4-3-5-20(13-18)29-11-9-26-16-29/h3-5,9,11-14,16,19H,6-8,10,15H2,1-2H3,(H,27,31)/t25-/m0/s1. The molecule has 32 heavy (non-hydrogen) atoms. The lowest BCUT2D eigenvalue weighted by atomic mass is 9.83. The fourth-order valence-corrected chi connectivity index (χ4v) is 4.64. The maximum absolute atomic E-state index is 13.1. The predicted molar refractivity (Wildman–Crippen MR) is 122 cm³/mol. The smallest absolute Gasteiger partial charge is 0.270 e. The minimum atomic E-state index is -0.264. The van der Waals surface area contributed by atoms with Crippen molar-refractivity contribution in [3.05, 3.63) is 72.1 Å². The number of imidazole rings is 1. The summed E-state index contributed by atoms with van der Waals surface area (Å²) in [7, 11) is 0. The summed E-state index contributed by atoms with van der Waals surface area (Å²) >= 11 is 0. The lowest BCUT2D eigenvalue weighted by Gasteiger charge is -2.23. The normalized spacial score (nSPS) is 20.6. The third-order valence-electron chi connectivity index (χ3n) is 6.72. The Morgan fingerprint density at radius 3 is 2.81 bits per heavy atom. The van der Waals surface area contributed by atoms with E-state index in [1.54, 1.807) is 18.6 Å². The fourth-order valence-electron chi connectivity index (χ4n) is 4.64. The first kappa shape index (κ1) is 20.4. The van der Waals surface area contributed by atoms with E-state index in [0.29, 0.717) is 24.7 Å². The average Bonchev–Trinajstić information content (AvgIpc) is 3.42. The van der Waals surface area contributed by atoms with E-state index in [-0.39, 0.29) is 17.2 Å². The molecule has 2 amide bonds. The number of aromatic nitrogens is 3. The van der Waals surface area contributed by atoms with Crippen LogP contribution in [0.25, 0.3) is 5.69 Å². The largest absolute Gasteiger partial charge is 0.347 e. The van der Waals surface area contributed by atoms with Crippen molar-refractivity contribution in [2.75, 3.05) is 11.4 Å². The van der Waals surface area contributed by atoms with Crippen LogP contribution in [0.1, 0.15) is 47.9 Å². The maximum Gasteiger partial charge on any atom is 0.270 e. The zero-order chi connectivity index (χ0) is 22.3. The van der Waals surface area contributed by atoms with Gasteiger partial charge in [-0.2, -0.15) is 0 Å². The molecule has 0 bridgehead atoms. The van der Waals surface area contributed by atoms with Crippen molar-refractivity contribution in [1.29, 1.82) is 0 Å². The van der Waals surface area contributed by atoms with Gasteiger partial charge < -0.3 is 14.8 Å². The van der Waals surface area contributed by atoms with Gasteiger partial charge in [-0.3, -0.25) is 9.59 Å². The Morgan fingerprint density at radius 2 is 2.06 bits per heavy atom. The lowest BCUT2D eigenvalue weighted by Crippen LogP contribution is -2.34. The summed E-state index contributed by atoms with van der Waals surface area (Å²) in [5.74, 6) is 0.427. The van der Waals surface area contributed by atoms with Crippen LogP contribution < -0.4 is 10.2 Å². The van der Waals surface area contributed by atoms with E-state index in [1.807, 2.05) is 52.9 Å². The SMILES string of the molecule is Cc1cc(N2CC[C@@](C)(C3CC3)C2=O)cc(C(=O)NCc2cccc(-n3ccnc3)c2)n1. The van der Waals surface area contributed by atoms with Crippen LogP contribution in [-0.2, 0) is 11.3 Å². The van der Waals surface area contributed by atoms with Gasteiger partial charge in [-0.25, -0.2) is 9.97 Å². The molecule has 2 fully saturated rings. The van der Waals surface area contributed by atoms with Gasteiger partial charge in [0.15, 0.2) is 0 Å². The molecule has 5 rings (SSSR count). The molecule has 1 saturated heterocycles. The van der Waals surface area contributed by atoms with Crippen molar-refractivity contribution >= 4 is 17.5 Å². The van der Waals surface area contributed by atoms with Gasteiger partial charge in [0.25, 0.3) is 5.91 Å². The van der Waals surface area contributed by atoms with Crippen LogP contribution >= 0.6 is 0 Å². The van der Waals surface area contributed by atoms with Gasteiger partial charge in [0.1, 0.15) is 5.69 Å². The van der Waals surface area contributed by atoms with E-state index in [9.17, 15) is 9.59 Å². The second kappa shape index (κ2) is 7.89. The highest BCUT2D eigenvalue weighted by molar-refractivity contribution is 6.01. The minimum absolute atomic E-state index is 0.174. The Labute approximate surface area is 187 Å². The van der Waals surface area contributed by atoms with Gasteiger partial charge in [-0.15, -0.1) is 0 Å². The molecule has 2 aromatic heterocycles. The van der Waals surface area contributed by atoms with Gasteiger partial charge >= 0.3 is 0 Å². The maximum atomic E-state index is 13.1. The van der Waals surface area contributed by atoms with E-state index < -0.39 is 0 Å². The summed E-state index contributed by atoms with van der Waals surface area (Å²) in [5, 5.41) is 2.96. The van der Waals surface area contributed by atoms with Crippen LogP contribution in [0.5, 0.6) is 0 Å². The van der Waals surface area contributed by atoms with Gasteiger partial charge in [0.2, 0.25) is 5.91 Å². The zero-order valence-electron chi connectivity index (χ0n) is 18.4. The first-order valence-corrected chi connectivity index (χ1v) is 11.1. The first-order valence-electron chi connectivity index (χ1n) is 11.1. The van der Waals surface area contributed by atoms with Crippen LogP contribution in [0.15, 0.2) is 55.1 Å². The van der Waals surface area contributed by atoms with Gasteiger partial charge in [-0.1, -0.05) is 19.1 Å². The quantitative estimate of drug-likeness (QED) is 0.649. The molecule has 0 radical (unpaired) electrons. The van der Waals surface area contributed by atoms with Crippen molar-refractivity contribution in [3.8, 4) is 5.69 Å². The van der Waals surface area contributed by atoms with Gasteiger partial charge in [0.05, 0.1) is 11.7 Å². The minimum Gasteiger partial charge on any atom is -0.347 e. The summed E-state index contributed by atoms with van der Waals surface area (Å²) in [6, 6.07) is 11.6. The Bertz CT molecular complexity index is 1170. The molecule has 1 saturated carbocycles. The molecule has 1 aliphatic carbocycles. The van der Waals surface area contributed by atoms with Gasteiger partial charge in [-0.05, 0) is 61.9 Å². The number of hydrogen-bond acceptors (Lipinski definition) is 4. The molecule has 3 heterocycles. The van der Waals surface area contributed by atoms with Crippen LogP contribution in [0.4, 0.5) is 5.69 Å². The number of aryl methyl sites for hydroxylation is 1. The number of hydrogen-bond donors (Lipinski definition) is 1. The van der Waals surface area contributed by atoms with Crippen molar-refractivity contribution < 1.29 is 9.59 Å². The molecule has 1 N–H and O–H groups in total. The summed E-state index contributed by atoms with van der Waals surface area (Å²) < 4.78 is 1.92. The number of nitrogens with zero attached hydrogens (tertiary/aromatic N) is 4. The molecule has 0 unspecified atom stereocenters. The Balaban J connectivity index is 1.30. The van der Waals surface area contributed by atoms with Crippen LogP contribution in [-0.4, -0.2) is 32.9 Å². The molecule has 164 valence electrons. The fraction of sp³-hybridized carbons (Fsp3) is 0.360. The van der Waals surface area contributed by atoms with Crippen LogP contribution in [0, 0.1) is 18.3 Å². The van der Waals surface area contributed by atoms with E-state index >= 15 is 0 Å². The molecule has 7 heteroatoms. The molecule has 1 aromatic carbocycles. The van der Waals surface area contributed by atoms with Crippen LogP contribution in [0.2, 0.25) is 0 Å². The Hall–Kier alpha value is -3.48. The Morgan fingerprint density at radius 1 is 1.22 bits per heavy atom. The lowest BCUT2D eigenvalue weighted by molar-refractivity contribution is -0.125. The number of carbonyl (C=O) groups is 2. The zero-order valence-corrected chi connectivity index (χ0v) is 18.4. The molecule has 3 aromatic rings. The highest BCUT2D eigenvalue weighted by Crippen LogP contribution is 2.51. The van der Waals surface area contributed by atoms with Crippen molar-refractivity contribution in [2.24, 2.45) is 11.3 Å². The van der Waals surface area contributed by atoms with Crippen molar-refractivity contribution in [1.82, 2.24) is 19.9 Å². The van der Waals surface area contributed by atoms with E-state index in [4.69, 9.17) is 0 Å². The topological polar surface area (TPSA) is 80.1 Å². The summed E-state index contributed by atoms with van der Waals surface area (Å²) in [4.78, 5) is 36.4. The third-order valence-corrected chi connectivity index (χ3v) is 6.72. The number of carbonyl (C=O) groups excluding carboxylic acids is 2. The van der Waals surface area contributed by atoms with E-state index in [0.717, 1.165) is 41.9 Å². The number of nitrogens with one attached hydrogen (secondary N) is 1. The highest BCUT2D eigenvalue weighted by Gasteiger charge is 2.52. The summed E-state index contributed by atoms with van der Waals surface area (Å²) in [6.45, 7) is 5.02. The van der Waals surface area contributed by atoms with Crippen LogP contribution in [0.3, 0.4) is 0 Å². The highest BCUT2D eigenvalue weighted by atomic mass is 16.2. The number of amides is 2. The number of rotatable bonds is 6. The Kier molecular flexibility index (Phi) is 5.04. The summed E-state index contributed by atoms with van der Waals surface area (Å²) in [5.41, 5.74) is 3.52. The van der Waals surface area contributed by atoms with Crippen molar-refractivity contribution in [2.45, 2.75) is 39.7 Å². The molecule has 1 aliphatic heterocycles. The molecular formula is C25H27N5O2. The number of pyridine rings is 1. The number of anilines is 1. The van der Waals surface area contributed by atoms with E-state index in [2.05, 4.69) is 22.2 Å². The molecule has 0 spiro atoms. The second-order valence-corrected chi connectivity index (χ2v) is 9.07. The van der Waals surface area contributed by atoms with E-state index in [1.165, 1.54) is 0 Å². The summed E-state index contributed by atoms with van der Waals surface area (Å²) in [6.07, 6.45) is 8.50. The van der Waals surface area contributed by atoms with Gasteiger partial charge in [0, 0.05) is 42.6 Å². The third kappa shape index (κ3) is 3.79. The monoisotopic (exact) mass is 429 g/mol. The molecule has 2 aliphatic rings. The second-order valence-electron chi connectivity index (χ2n) is 9.07. The molecular weight excluding hydrogens is 402 g/mol. The average molecular weight is 430 g/mol. The first-order chi connectivity index (χ1) is 15.4.